The Morgan fingerprint density at radius 3 is 2.90 bits per heavy atom. The first-order chi connectivity index (χ1) is 10.2. The van der Waals surface area contributed by atoms with E-state index in [1.54, 1.807) is 7.11 Å². The first-order valence-corrected chi connectivity index (χ1v) is 7.93. The van der Waals surface area contributed by atoms with Crippen molar-refractivity contribution in [1.29, 1.82) is 0 Å². The van der Waals surface area contributed by atoms with Gasteiger partial charge in [0.25, 0.3) is 0 Å². The van der Waals surface area contributed by atoms with Crippen molar-refractivity contribution in [2.45, 2.75) is 45.3 Å². The van der Waals surface area contributed by atoms with Crippen LogP contribution in [0.4, 0.5) is 0 Å². The summed E-state index contributed by atoms with van der Waals surface area (Å²) in [7, 11) is 1.68. The number of hydrogen-bond acceptors (Lipinski definition) is 4. The van der Waals surface area contributed by atoms with Gasteiger partial charge in [0.1, 0.15) is 0 Å². The number of methoxy groups -OCH3 is 1. The van der Waals surface area contributed by atoms with Gasteiger partial charge < -0.3 is 14.6 Å². The Labute approximate surface area is 127 Å². The fourth-order valence-corrected chi connectivity index (χ4v) is 2.69. The molecule has 0 aromatic heterocycles. The Balaban J connectivity index is 1.97. The lowest BCUT2D eigenvalue weighted by molar-refractivity contribution is 0.0668. The van der Waals surface area contributed by atoms with Crippen LogP contribution in [0.1, 0.15) is 38.2 Å². The second-order valence-electron chi connectivity index (χ2n) is 5.72. The van der Waals surface area contributed by atoms with Crippen LogP contribution in [0.25, 0.3) is 0 Å². The molecule has 1 aliphatic heterocycles. The smallest absolute Gasteiger partial charge is 0.161 e. The molecule has 4 heteroatoms. The molecule has 0 spiro atoms. The van der Waals surface area contributed by atoms with Gasteiger partial charge in [0.2, 0.25) is 0 Å². The fraction of sp³-hybridized carbons (Fsp3) is 0.647. The first kappa shape index (κ1) is 16.1. The number of rotatable bonds is 7. The van der Waals surface area contributed by atoms with E-state index in [0.717, 1.165) is 63.4 Å². The number of unbranched alkanes of at least 4 members (excludes halogenated alkanes) is 1. The largest absolute Gasteiger partial charge is 0.493 e. The number of nitrogens with zero attached hydrogens (tertiary/aromatic N) is 1. The maximum Gasteiger partial charge on any atom is 0.161 e. The quantitative estimate of drug-likeness (QED) is 0.785. The summed E-state index contributed by atoms with van der Waals surface area (Å²) in [6.45, 7) is 5.54. The van der Waals surface area contributed by atoms with E-state index in [9.17, 15) is 5.11 Å². The van der Waals surface area contributed by atoms with Gasteiger partial charge >= 0.3 is 0 Å². The van der Waals surface area contributed by atoms with E-state index >= 15 is 0 Å². The highest BCUT2D eigenvalue weighted by Crippen LogP contribution is 2.29. The van der Waals surface area contributed by atoms with E-state index < -0.39 is 0 Å². The lowest BCUT2D eigenvalue weighted by Gasteiger charge is -2.30. The van der Waals surface area contributed by atoms with E-state index in [4.69, 9.17) is 9.47 Å². The monoisotopic (exact) mass is 293 g/mol. The third-order valence-corrected chi connectivity index (χ3v) is 3.87. The number of ether oxygens (including phenoxy) is 2. The van der Waals surface area contributed by atoms with Crippen LogP contribution >= 0.6 is 0 Å². The molecule has 0 aliphatic carbocycles. The fourth-order valence-electron chi connectivity index (χ4n) is 2.69. The lowest BCUT2D eigenvalue weighted by atomic mass is 10.1. The molecule has 0 radical (unpaired) electrons. The molecule has 1 aromatic rings. The average Bonchev–Trinajstić information content (AvgIpc) is 2.48. The van der Waals surface area contributed by atoms with Gasteiger partial charge in [-0.2, -0.15) is 0 Å². The predicted molar refractivity (Wildman–Crippen MR) is 83.9 cm³/mol. The van der Waals surface area contributed by atoms with Gasteiger partial charge in [-0.25, -0.2) is 0 Å². The third kappa shape index (κ3) is 4.90. The van der Waals surface area contributed by atoms with Crippen molar-refractivity contribution >= 4 is 0 Å². The summed E-state index contributed by atoms with van der Waals surface area (Å²) < 4.78 is 11.2. The zero-order valence-corrected chi connectivity index (χ0v) is 13.2. The van der Waals surface area contributed by atoms with Gasteiger partial charge in [0.05, 0.1) is 19.8 Å². The summed E-state index contributed by atoms with van der Waals surface area (Å²) in [5, 5.41) is 9.74. The van der Waals surface area contributed by atoms with Crippen LogP contribution in [0.5, 0.6) is 11.5 Å². The molecule has 1 fully saturated rings. The molecule has 1 N–H and O–H groups in total. The second-order valence-corrected chi connectivity index (χ2v) is 5.72. The molecule has 118 valence electrons. The highest BCUT2D eigenvalue weighted by Gasteiger charge is 2.18. The molecule has 1 aliphatic rings. The molecular formula is C17H27NO3. The Kier molecular flexibility index (Phi) is 6.33. The van der Waals surface area contributed by atoms with E-state index in [1.165, 1.54) is 5.56 Å². The van der Waals surface area contributed by atoms with Crippen molar-refractivity contribution < 1.29 is 14.6 Å². The van der Waals surface area contributed by atoms with Crippen LogP contribution in [0.3, 0.4) is 0 Å². The highest BCUT2D eigenvalue weighted by molar-refractivity contribution is 5.43. The van der Waals surface area contributed by atoms with Crippen molar-refractivity contribution in [3.05, 3.63) is 23.8 Å². The van der Waals surface area contributed by atoms with Crippen molar-refractivity contribution in [3.63, 3.8) is 0 Å². The van der Waals surface area contributed by atoms with Crippen molar-refractivity contribution in [2.75, 3.05) is 26.8 Å². The van der Waals surface area contributed by atoms with Crippen LogP contribution in [-0.2, 0) is 6.54 Å². The normalized spacial score (nSPS) is 19.5. The van der Waals surface area contributed by atoms with Gasteiger partial charge in [0, 0.05) is 13.1 Å². The average molecular weight is 293 g/mol. The molecule has 1 saturated heterocycles. The van der Waals surface area contributed by atoms with E-state index in [0.29, 0.717) is 0 Å². The maximum absolute atomic E-state index is 9.74. The summed E-state index contributed by atoms with van der Waals surface area (Å²) in [6.07, 6.45) is 3.98. The zero-order chi connectivity index (χ0) is 15.1. The van der Waals surface area contributed by atoms with Gasteiger partial charge in [-0.1, -0.05) is 19.4 Å². The van der Waals surface area contributed by atoms with Crippen LogP contribution in [0, 0.1) is 0 Å². The molecule has 0 amide bonds. The van der Waals surface area contributed by atoms with E-state index in [2.05, 4.69) is 17.9 Å². The molecule has 21 heavy (non-hydrogen) atoms. The number of likely N-dealkylation sites (tertiary alicyclic amines) is 1. The lowest BCUT2D eigenvalue weighted by Crippen LogP contribution is -2.37. The van der Waals surface area contributed by atoms with E-state index in [-0.39, 0.29) is 6.10 Å². The van der Waals surface area contributed by atoms with Gasteiger partial charge in [-0.05, 0) is 43.5 Å². The molecule has 1 unspecified atom stereocenters. The van der Waals surface area contributed by atoms with Gasteiger partial charge in [-0.15, -0.1) is 0 Å². The third-order valence-electron chi connectivity index (χ3n) is 3.87. The predicted octanol–water partition coefficient (Wildman–Crippen LogP) is 2.83. The molecule has 1 aromatic carbocycles. The molecule has 0 bridgehead atoms. The number of piperidine rings is 1. The first-order valence-electron chi connectivity index (χ1n) is 7.93. The number of β-amino-alcohol motifs (C(OH)–C–C–N with tert-alkyl or cyclic N) is 1. The molecule has 4 nitrogen and oxygen atoms in total. The number of aliphatic hydroxyl groups is 1. The summed E-state index contributed by atoms with van der Waals surface area (Å²) in [5.74, 6) is 1.61. The van der Waals surface area contributed by atoms with Crippen LogP contribution < -0.4 is 9.47 Å². The van der Waals surface area contributed by atoms with Gasteiger partial charge in [-0.3, -0.25) is 4.90 Å². The number of benzene rings is 1. The Hall–Kier alpha value is -1.26. The second kappa shape index (κ2) is 8.25. The standard InChI is InChI=1S/C17H27NO3/c1-3-4-10-21-16-8-7-14(11-17(16)20-2)12-18-9-5-6-15(19)13-18/h7-8,11,15,19H,3-6,9-10,12-13H2,1-2H3. The van der Waals surface area contributed by atoms with Crippen LogP contribution in [0.15, 0.2) is 18.2 Å². The summed E-state index contributed by atoms with van der Waals surface area (Å²) >= 11 is 0. The Morgan fingerprint density at radius 1 is 1.33 bits per heavy atom. The van der Waals surface area contributed by atoms with Crippen LogP contribution in [-0.4, -0.2) is 42.9 Å². The minimum absolute atomic E-state index is 0.183. The highest BCUT2D eigenvalue weighted by atomic mass is 16.5. The maximum atomic E-state index is 9.74. The molecule has 1 atom stereocenters. The SMILES string of the molecule is CCCCOc1ccc(CN2CCCC(O)C2)cc1OC. The molecule has 1 heterocycles. The minimum Gasteiger partial charge on any atom is -0.493 e. The summed E-state index contributed by atoms with van der Waals surface area (Å²) in [4.78, 5) is 2.29. The van der Waals surface area contributed by atoms with Gasteiger partial charge in [0.15, 0.2) is 11.5 Å². The van der Waals surface area contributed by atoms with Crippen molar-refractivity contribution in [3.8, 4) is 11.5 Å². The summed E-state index contributed by atoms with van der Waals surface area (Å²) in [6, 6.07) is 6.12. The topological polar surface area (TPSA) is 41.9 Å². The molecule has 2 rings (SSSR count). The molecule has 0 saturated carbocycles. The number of hydrogen-bond donors (Lipinski definition) is 1. The number of aliphatic hydroxyl groups excluding tert-OH is 1. The molecular weight excluding hydrogens is 266 g/mol. The summed E-state index contributed by atoms with van der Waals surface area (Å²) in [5.41, 5.74) is 1.20. The van der Waals surface area contributed by atoms with E-state index in [1.807, 2.05) is 12.1 Å². The zero-order valence-electron chi connectivity index (χ0n) is 13.2. The Morgan fingerprint density at radius 2 is 2.19 bits per heavy atom. The minimum atomic E-state index is -0.183. The van der Waals surface area contributed by atoms with Crippen molar-refractivity contribution in [1.82, 2.24) is 4.90 Å². The van der Waals surface area contributed by atoms with Crippen molar-refractivity contribution in [2.24, 2.45) is 0 Å². The Bertz CT molecular complexity index is 436. The van der Waals surface area contributed by atoms with Crippen LogP contribution in [0.2, 0.25) is 0 Å².